The Morgan fingerprint density at radius 3 is 2.56 bits per heavy atom. The van der Waals surface area contributed by atoms with Gasteiger partial charge in [-0.15, -0.1) is 0 Å². The van der Waals surface area contributed by atoms with Gasteiger partial charge in [0.15, 0.2) is 0 Å². The molecule has 0 radical (unpaired) electrons. The Morgan fingerprint density at radius 1 is 1.22 bits per heavy atom. The van der Waals surface area contributed by atoms with E-state index in [4.69, 9.17) is 4.98 Å². The number of pyridine rings is 1. The molecule has 1 aliphatic rings. The molecule has 166 valence electrons. The smallest absolute Gasteiger partial charge is 0.380 e. The first kappa shape index (κ1) is 22.0. The van der Waals surface area contributed by atoms with Crippen LogP contribution in [-0.4, -0.2) is 34.7 Å². The van der Waals surface area contributed by atoms with Gasteiger partial charge in [-0.3, -0.25) is 4.98 Å². The third kappa shape index (κ3) is 4.25. The molecule has 32 heavy (non-hydrogen) atoms. The topological polar surface area (TPSA) is 59.4 Å². The number of ether oxygens (including phenoxy) is 1. The number of fused-ring (bicyclic) bond motifs is 1. The van der Waals surface area contributed by atoms with E-state index in [0.29, 0.717) is 16.7 Å². The van der Waals surface area contributed by atoms with E-state index in [2.05, 4.69) is 4.74 Å². The summed E-state index contributed by atoms with van der Waals surface area (Å²) in [6.07, 6.45) is 1.72. The van der Waals surface area contributed by atoms with E-state index in [0.717, 1.165) is 35.5 Å². The predicted octanol–water partition coefficient (Wildman–Crippen LogP) is 5.49. The Kier molecular flexibility index (Phi) is 6.02. The summed E-state index contributed by atoms with van der Waals surface area (Å²) < 4.78 is 46.5. The summed E-state index contributed by atoms with van der Waals surface area (Å²) >= 11 is 0. The fourth-order valence-electron chi connectivity index (χ4n) is 3.67. The van der Waals surface area contributed by atoms with Gasteiger partial charge in [-0.05, 0) is 49.6 Å². The fraction of sp³-hybridized carbons (Fsp3) is 0.280. The van der Waals surface area contributed by atoms with Crippen LogP contribution in [-0.2, 0) is 9.53 Å². The number of rotatable bonds is 7. The zero-order valence-corrected chi connectivity index (χ0v) is 17.4. The highest BCUT2D eigenvalue weighted by Crippen LogP contribution is 2.45. The van der Waals surface area contributed by atoms with Crippen LogP contribution in [0.15, 0.2) is 54.6 Å². The molecule has 0 saturated heterocycles. The third-order valence-electron chi connectivity index (χ3n) is 5.42. The molecule has 1 aliphatic carbocycles. The molecule has 2 aromatic carbocycles. The number of hydrogen-bond acceptors (Lipinski definition) is 4. The summed E-state index contributed by atoms with van der Waals surface area (Å²) in [6.45, 7) is 1.19. The van der Waals surface area contributed by atoms with Crippen molar-refractivity contribution in [1.82, 2.24) is 4.98 Å². The van der Waals surface area contributed by atoms with Crippen LogP contribution in [0.1, 0.15) is 36.9 Å². The van der Waals surface area contributed by atoms with Crippen LogP contribution < -0.4 is 0 Å². The third-order valence-corrected chi connectivity index (χ3v) is 5.42. The SMILES string of the molecule is CCOC(=O)C(F)(F)C(O)/C=C/c1c(C2CC2)nc2ccccc2c1-c1ccc(F)cc1. The van der Waals surface area contributed by atoms with Crippen LogP contribution in [0.25, 0.3) is 28.1 Å². The van der Waals surface area contributed by atoms with Crippen LogP contribution in [0.2, 0.25) is 0 Å². The zero-order chi connectivity index (χ0) is 22.9. The standard InChI is InChI=1S/C25H22F3NO3/c1-2-32-24(31)25(27,28)21(30)14-13-19-22(15-9-11-17(26)12-10-15)18-5-3-4-6-20(18)29-23(19)16-7-8-16/h3-6,9-14,16,21,30H,2,7-8H2,1H3/b14-13+. The second-order valence-electron chi connectivity index (χ2n) is 7.73. The molecule has 1 fully saturated rings. The summed E-state index contributed by atoms with van der Waals surface area (Å²) in [5.74, 6) is -6.10. The van der Waals surface area contributed by atoms with Crippen molar-refractivity contribution in [2.24, 2.45) is 0 Å². The quantitative estimate of drug-likeness (QED) is 0.493. The Morgan fingerprint density at radius 2 is 1.91 bits per heavy atom. The van der Waals surface area contributed by atoms with Crippen LogP contribution in [0.4, 0.5) is 13.2 Å². The highest BCUT2D eigenvalue weighted by Gasteiger charge is 2.47. The van der Waals surface area contributed by atoms with E-state index >= 15 is 0 Å². The van der Waals surface area contributed by atoms with E-state index in [1.807, 2.05) is 24.3 Å². The molecule has 4 rings (SSSR count). The van der Waals surface area contributed by atoms with Crippen LogP contribution >= 0.6 is 0 Å². The van der Waals surface area contributed by atoms with Gasteiger partial charge in [0.05, 0.1) is 17.8 Å². The number of carbonyl (C=O) groups excluding carboxylic acids is 1. The predicted molar refractivity (Wildman–Crippen MR) is 116 cm³/mol. The summed E-state index contributed by atoms with van der Waals surface area (Å²) in [6, 6.07) is 13.3. The number of nitrogens with zero attached hydrogens (tertiary/aromatic N) is 1. The minimum absolute atomic E-state index is 0.168. The highest BCUT2D eigenvalue weighted by atomic mass is 19.3. The van der Waals surface area contributed by atoms with Crippen molar-refractivity contribution in [1.29, 1.82) is 0 Å². The molecule has 1 unspecified atom stereocenters. The monoisotopic (exact) mass is 441 g/mol. The number of hydrogen-bond donors (Lipinski definition) is 1. The Hall–Kier alpha value is -3.19. The minimum atomic E-state index is -4.09. The van der Waals surface area contributed by atoms with E-state index in [9.17, 15) is 23.1 Å². The molecule has 1 saturated carbocycles. The molecule has 1 atom stereocenters. The molecule has 4 nitrogen and oxygen atoms in total. The van der Waals surface area contributed by atoms with Gasteiger partial charge in [-0.1, -0.05) is 36.4 Å². The first-order valence-electron chi connectivity index (χ1n) is 10.4. The van der Waals surface area contributed by atoms with Gasteiger partial charge < -0.3 is 9.84 Å². The van der Waals surface area contributed by atoms with Crippen molar-refractivity contribution in [3.63, 3.8) is 0 Å². The van der Waals surface area contributed by atoms with E-state index in [-0.39, 0.29) is 12.5 Å². The lowest BCUT2D eigenvalue weighted by atomic mass is 9.92. The largest absolute Gasteiger partial charge is 0.461 e. The molecular formula is C25H22F3NO3. The summed E-state index contributed by atoms with van der Waals surface area (Å²) in [4.78, 5) is 16.3. The van der Waals surface area contributed by atoms with Gasteiger partial charge in [-0.2, -0.15) is 8.78 Å². The van der Waals surface area contributed by atoms with Crippen molar-refractivity contribution in [3.8, 4) is 11.1 Å². The molecule has 0 spiro atoms. The van der Waals surface area contributed by atoms with Crippen molar-refractivity contribution < 1.29 is 27.8 Å². The molecule has 1 N–H and O–H groups in total. The number of alkyl halides is 2. The van der Waals surface area contributed by atoms with E-state index in [1.165, 1.54) is 25.1 Å². The second kappa shape index (κ2) is 8.74. The summed E-state index contributed by atoms with van der Waals surface area (Å²) in [7, 11) is 0. The van der Waals surface area contributed by atoms with Crippen LogP contribution in [0.5, 0.6) is 0 Å². The van der Waals surface area contributed by atoms with E-state index < -0.39 is 23.8 Å². The van der Waals surface area contributed by atoms with E-state index in [1.54, 1.807) is 12.1 Å². The fourth-order valence-corrected chi connectivity index (χ4v) is 3.67. The molecule has 1 aromatic heterocycles. The first-order valence-corrected chi connectivity index (χ1v) is 10.4. The van der Waals surface area contributed by atoms with Crippen LogP contribution in [0, 0.1) is 5.82 Å². The number of aliphatic hydroxyl groups is 1. The van der Waals surface area contributed by atoms with Crippen molar-refractivity contribution in [2.45, 2.75) is 37.7 Å². The molecule has 3 aromatic rings. The van der Waals surface area contributed by atoms with Crippen molar-refractivity contribution in [3.05, 3.63) is 71.7 Å². The van der Waals surface area contributed by atoms with Crippen molar-refractivity contribution in [2.75, 3.05) is 6.61 Å². The molecule has 0 amide bonds. The molecular weight excluding hydrogens is 419 g/mol. The molecule has 0 bridgehead atoms. The Bertz CT molecular complexity index is 1170. The molecule has 1 heterocycles. The number of aliphatic hydroxyl groups excluding tert-OH is 1. The van der Waals surface area contributed by atoms with Crippen LogP contribution in [0.3, 0.4) is 0 Å². The Labute approximate surface area is 183 Å². The van der Waals surface area contributed by atoms with Gasteiger partial charge in [-0.25, -0.2) is 9.18 Å². The lowest BCUT2D eigenvalue weighted by Gasteiger charge is -2.19. The number of para-hydroxylation sites is 1. The number of aromatic nitrogens is 1. The zero-order valence-electron chi connectivity index (χ0n) is 17.4. The van der Waals surface area contributed by atoms with Crippen molar-refractivity contribution >= 4 is 22.9 Å². The van der Waals surface area contributed by atoms with Gasteiger partial charge in [0, 0.05) is 22.4 Å². The molecule has 7 heteroatoms. The van der Waals surface area contributed by atoms with Gasteiger partial charge in [0.1, 0.15) is 11.9 Å². The van der Waals surface area contributed by atoms with Gasteiger partial charge in [0.25, 0.3) is 0 Å². The Balaban J connectivity index is 1.87. The number of benzene rings is 2. The maximum absolute atomic E-state index is 14.3. The highest BCUT2D eigenvalue weighted by molar-refractivity contribution is 5.99. The number of esters is 1. The average molecular weight is 441 g/mol. The average Bonchev–Trinajstić information content (AvgIpc) is 3.62. The lowest BCUT2D eigenvalue weighted by molar-refractivity contribution is -0.183. The normalized spacial score (nSPS) is 15.3. The minimum Gasteiger partial charge on any atom is -0.461 e. The summed E-state index contributed by atoms with van der Waals surface area (Å²) in [5.41, 5.74) is 3.43. The first-order chi connectivity index (χ1) is 15.3. The molecule has 0 aliphatic heterocycles. The number of carbonyl (C=O) groups is 1. The second-order valence-corrected chi connectivity index (χ2v) is 7.73. The number of halogens is 3. The maximum Gasteiger partial charge on any atom is 0.380 e. The summed E-state index contributed by atoms with van der Waals surface area (Å²) in [5, 5.41) is 10.9. The van der Waals surface area contributed by atoms with Gasteiger partial charge in [0.2, 0.25) is 0 Å². The lowest BCUT2D eigenvalue weighted by Crippen LogP contribution is -2.41. The van der Waals surface area contributed by atoms with Gasteiger partial charge >= 0.3 is 11.9 Å². The maximum atomic E-state index is 14.3.